The normalized spacial score (nSPS) is 28.0. The largest absolute Gasteiger partial charge is 0.387 e. The fourth-order valence-electron chi connectivity index (χ4n) is 3.35. The van der Waals surface area contributed by atoms with E-state index in [9.17, 15) is 5.11 Å². The number of hydrogen-bond acceptors (Lipinski definition) is 2. The summed E-state index contributed by atoms with van der Waals surface area (Å²) in [6.07, 6.45) is 3.19. The Balaban J connectivity index is 2.15. The van der Waals surface area contributed by atoms with Crippen LogP contribution in [-0.4, -0.2) is 28.6 Å². The fraction of sp³-hybridized carbons (Fsp3) is 0.647. The molecule has 0 radical (unpaired) electrons. The van der Waals surface area contributed by atoms with Crippen molar-refractivity contribution in [3.63, 3.8) is 0 Å². The number of hydrogen-bond donors (Lipinski definition) is 1. The van der Waals surface area contributed by atoms with Crippen LogP contribution in [0.2, 0.25) is 0 Å². The molecule has 2 heteroatoms. The summed E-state index contributed by atoms with van der Waals surface area (Å²) in [4.78, 5) is 2.52. The van der Waals surface area contributed by atoms with E-state index < -0.39 is 0 Å². The molecule has 1 heterocycles. The molecule has 2 rings (SSSR count). The summed E-state index contributed by atoms with van der Waals surface area (Å²) in [5, 5.41) is 10.7. The zero-order chi connectivity index (χ0) is 13.8. The van der Waals surface area contributed by atoms with E-state index >= 15 is 0 Å². The molecule has 0 aliphatic carbocycles. The van der Waals surface area contributed by atoms with Crippen molar-refractivity contribution in [1.29, 1.82) is 0 Å². The van der Waals surface area contributed by atoms with Gasteiger partial charge in [-0.25, -0.2) is 0 Å². The van der Waals surface area contributed by atoms with Crippen molar-refractivity contribution in [3.8, 4) is 0 Å². The van der Waals surface area contributed by atoms with Gasteiger partial charge in [-0.05, 0) is 44.2 Å². The maximum Gasteiger partial charge on any atom is 0.0945 e. The molecule has 4 atom stereocenters. The zero-order valence-electron chi connectivity index (χ0n) is 12.4. The van der Waals surface area contributed by atoms with Crippen LogP contribution in [0.15, 0.2) is 30.3 Å². The molecule has 1 aromatic rings. The molecule has 2 nitrogen and oxygen atoms in total. The molecule has 1 aromatic carbocycles. The van der Waals surface area contributed by atoms with E-state index in [4.69, 9.17) is 0 Å². The Morgan fingerprint density at radius 3 is 2.58 bits per heavy atom. The van der Waals surface area contributed by atoms with Gasteiger partial charge < -0.3 is 5.11 Å². The second kappa shape index (κ2) is 6.53. The SMILES string of the molecule is CCC(C(O)c1ccccc1)N1CCCC(C)C1C. The molecule has 19 heavy (non-hydrogen) atoms. The molecule has 0 aromatic heterocycles. The number of piperidine rings is 1. The highest BCUT2D eigenvalue weighted by Crippen LogP contribution is 2.31. The van der Waals surface area contributed by atoms with E-state index in [-0.39, 0.29) is 12.1 Å². The second-order valence-electron chi connectivity index (χ2n) is 5.93. The number of rotatable bonds is 4. The van der Waals surface area contributed by atoms with Crippen LogP contribution in [0.5, 0.6) is 0 Å². The molecule has 0 bridgehead atoms. The lowest BCUT2D eigenvalue weighted by molar-refractivity contribution is -0.00729. The van der Waals surface area contributed by atoms with Crippen LogP contribution >= 0.6 is 0 Å². The van der Waals surface area contributed by atoms with Gasteiger partial charge in [0.25, 0.3) is 0 Å². The monoisotopic (exact) mass is 261 g/mol. The Morgan fingerprint density at radius 1 is 1.26 bits per heavy atom. The summed E-state index contributed by atoms with van der Waals surface area (Å²) in [6, 6.07) is 10.9. The lowest BCUT2D eigenvalue weighted by atomic mass is 9.88. The molecule has 0 amide bonds. The van der Waals surface area contributed by atoms with Gasteiger partial charge in [0.15, 0.2) is 0 Å². The Labute approximate surface area is 117 Å². The lowest BCUT2D eigenvalue weighted by Gasteiger charge is -2.44. The van der Waals surface area contributed by atoms with Crippen LogP contribution in [0.4, 0.5) is 0 Å². The van der Waals surface area contributed by atoms with E-state index in [1.165, 1.54) is 12.8 Å². The molecule has 1 aliphatic heterocycles. The topological polar surface area (TPSA) is 23.5 Å². The quantitative estimate of drug-likeness (QED) is 0.895. The molecule has 1 fully saturated rings. The van der Waals surface area contributed by atoms with E-state index in [0.29, 0.717) is 6.04 Å². The van der Waals surface area contributed by atoms with Crippen LogP contribution in [0, 0.1) is 5.92 Å². The Hall–Kier alpha value is -0.860. The van der Waals surface area contributed by atoms with Crippen molar-refractivity contribution in [1.82, 2.24) is 4.90 Å². The van der Waals surface area contributed by atoms with Crippen molar-refractivity contribution in [2.75, 3.05) is 6.54 Å². The predicted octanol–water partition coefficient (Wildman–Crippen LogP) is 3.62. The first kappa shape index (κ1) is 14.5. The minimum absolute atomic E-state index is 0.236. The van der Waals surface area contributed by atoms with Crippen LogP contribution in [0.1, 0.15) is 51.7 Å². The molecular weight excluding hydrogens is 234 g/mol. The molecular formula is C17H27NO. The summed E-state index contributed by atoms with van der Waals surface area (Å²) >= 11 is 0. The van der Waals surface area contributed by atoms with Crippen LogP contribution in [0.3, 0.4) is 0 Å². The molecule has 1 saturated heterocycles. The van der Waals surface area contributed by atoms with E-state index in [0.717, 1.165) is 24.4 Å². The summed E-state index contributed by atoms with van der Waals surface area (Å²) in [5.41, 5.74) is 1.04. The Morgan fingerprint density at radius 2 is 1.95 bits per heavy atom. The van der Waals surface area contributed by atoms with Crippen molar-refractivity contribution in [3.05, 3.63) is 35.9 Å². The maximum atomic E-state index is 10.7. The zero-order valence-corrected chi connectivity index (χ0v) is 12.4. The number of nitrogens with zero attached hydrogens (tertiary/aromatic N) is 1. The summed E-state index contributed by atoms with van der Waals surface area (Å²) < 4.78 is 0. The minimum atomic E-state index is -0.376. The molecule has 4 unspecified atom stereocenters. The van der Waals surface area contributed by atoms with Gasteiger partial charge in [0.1, 0.15) is 0 Å². The first-order valence-corrected chi connectivity index (χ1v) is 7.64. The van der Waals surface area contributed by atoms with Gasteiger partial charge in [-0.3, -0.25) is 4.90 Å². The maximum absolute atomic E-state index is 10.7. The average Bonchev–Trinajstić information content (AvgIpc) is 2.45. The highest BCUT2D eigenvalue weighted by Gasteiger charge is 2.33. The smallest absolute Gasteiger partial charge is 0.0945 e. The number of benzene rings is 1. The van der Waals surface area contributed by atoms with Crippen molar-refractivity contribution < 1.29 is 5.11 Å². The molecule has 1 aliphatic rings. The highest BCUT2D eigenvalue weighted by atomic mass is 16.3. The second-order valence-corrected chi connectivity index (χ2v) is 5.93. The molecule has 1 N–H and O–H groups in total. The average molecular weight is 261 g/mol. The first-order valence-electron chi connectivity index (χ1n) is 7.64. The minimum Gasteiger partial charge on any atom is -0.387 e. The van der Waals surface area contributed by atoms with Gasteiger partial charge in [0, 0.05) is 12.1 Å². The first-order chi connectivity index (χ1) is 9.15. The summed E-state index contributed by atoms with van der Waals surface area (Å²) in [7, 11) is 0. The standard InChI is InChI=1S/C17H27NO/c1-4-16(17(19)15-10-6-5-7-11-15)18-12-8-9-13(2)14(18)3/h5-7,10-11,13-14,16-17,19H,4,8-9,12H2,1-3H3. The number of aliphatic hydroxyl groups is 1. The van der Waals surface area contributed by atoms with E-state index in [2.05, 4.69) is 25.7 Å². The van der Waals surface area contributed by atoms with Gasteiger partial charge >= 0.3 is 0 Å². The molecule has 106 valence electrons. The van der Waals surface area contributed by atoms with Gasteiger partial charge in [0.05, 0.1) is 6.10 Å². The van der Waals surface area contributed by atoms with Crippen LogP contribution < -0.4 is 0 Å². The number of likely N-dealkylation sites (tertiary alicyclic amines) is 1. The third kappa shape index (κ3) is 3.18. The Kier molecular flexibility index (Phi) is 5.00. The van der Waals surface area contributed by atoms with Gasteiger partial charge in [-0.1, -0.05) is 44.2 Å². The van der Waals surface area contributed by atoms with Gasteiger partial charge in [-0.2, -0.15) is 0 Å². The van der Waals surface area contributed by atoms with Crippen LogP contribution in [0.25, 0.3) is 0 Å². The Bertz CT molecular complexity index is 378. The predicted molar refractivity (Wildman–Crippen MR) is 80.0 cm³/mol. The molecule has 0 spiro atoms. The van der Waals surface area contributed by atoms with Gasteiger partial charge in [-0.15, -0.1) is 0 Å². The highest BCUT2D eigenvalue weighted by molar-refractivity contribution is 5.19. The van der Waals surface area contributed by atoms with E-state index in [1.807, 2.05) is 30.3 Å². The summed E-state index contributed by atoms with van der Waals surface area (Å²) in [6.45, 7) is 7.94. The van der Waals surface area contributed by atoms with Crippen molar-refractivity contribution in [2.24, 2.45) is 5.92 Å². The third-order valence-corrected chi connectivity index (χ3v) is 4.77. The van der Waals surface area contributed by atoms with Crippen molar-refractivity contribution in [2.45, 2.75) is 58.2 Å². The van der Waals surface area contributed by atoms with Crippen LogP contribution in [-0.2, 0) is 0 Å². The summed E-state index contributed by atoms with van der Waals surface area (Å²) in [5.74, 6) is 0.728. The number of aliphatic hydroxyl groups excluding tert-OH is 1. The lowest BCUT2D eigenvalue weighted by Crippen LogP contribution is -2.50. The molecule has 0 saturated carbocycles. The van der Waals surface area contributed by atoms with Crippen molar-refractivity contribution >= 4 is 0 Å². The van der Waals surface area contributed by atoms with E-state index in [1.54, 1.807) is 0 Å². The van der Waals surface area contributed by atoms with Gasteiger partial charge in [0.2, 0.25) is 0 Å². The third-order valence-electron chi connectivity index (χ3n) is 4.77. The fourth-order valence-corrected chi connectivity index (χ4v) is 3.35.